The number of benzene rings is 1. The monoisotopic (exact) mass is 269 g/mol. The Balaban J connectivity index is 2.08. The van der Waals surface area contributed by atoms with Crippen LogP contribution in [0.2, 0.25) is 0 Å². The van der Waals surface area contributed by atoms with E-state index in [-0.39, 0.29) is 5.97 Å². The minimum Gasteiger partial charge on any atom is -0.461 e. The van der Waals surface area contributed by atoms with Gasteiger partial charge in [-0.1, -0.05) is 0 Å². The standard InChI is InChI=1S/C15H15N3O2/c1-3-4-5-8-20-15(19)13-6-7-14(12(2)9-13)18-11-16-10-17-18/h6-7,9-11H,5,8H2,1-2H3. The fourth-order valence-electron chi connectivity index (χ4n) is 1.78. The molecule has 20 heavy (non-hydrogen) atoms. The molecule has 0 fully saturated rings. The van der Waals surface area contributed by atoms with E-state index in [1.54, 1.807) is 30.1 Å². The summed E-state index contributed by atoms with van der Waals surface area (Å²) in [6, 6.07) is 5.33. The van der Waals surface area contributed by atoms with Gasteiger partial charge < -0.3 is 4.74 Å². The van der Waals surface area contributed by atoms with Crippen LogP contribution in [0, 0.1) is 18.8 Å². The van der Waals surface area contributed by atoms with E-state index < -0.39 is 0 Å². The number of nitrogens with zero attached hydrogens (tertiary/aromatic N) is 3. The van der Waals surface area contributed by atoms with Crippen LogP contribution in [0.1, 0.15) is 29.3 Å². The van der Waals surface area contributed by atoms with Crippen molar-refractivity contribution < 1.29 is 9.53 Å². The second-order valence-electron chi connectivity index (χ2n) is 4.15. The van der Waals surface area contributed by atoms with E-state index >= 15 is 0 Å². The molecule has 0 atom stereocenters. The molecule has 0 amide bonds. The molecule has 0 unspecified atom stereocenters. The van der Waals surface area contributed by atoms with Crippen molar-refractivity contribution in [3.05, 3.63) is 42.0 Å². The lowest BCUT2D eigenvalue weighted by atomic mass is 10.1. The van der Waals surface area contributed by atoms with Crippen molar-refractivity contribution in [1.29, 1.82) is 0 Å². The first kappa shape index (κ1) is 13.8. The zero-order chi connectivity index (χ0) is 14.4. The Morgan fingerprint density at radius 3 is 2.95 bits per heavy atom. The van der Waals surface area contributed by atoms with Crippen molar-refractivity contribution in [3.63, 3.8) is 0 Å². The summed E-state index contributed by atoms with van der Waals surface area (Å²) >= 11 is 0. The lowest BCUT2D eigenvalue weighted by Crippen LogP contribution is -2.07. The Bertz CT molecular complexity index is 651. The third kappa shape index (κ3) is 3.23. The van der Waals surface area contributed by atoms with Gasteiger partial charge in [0, 0.05) is 6.42 Å². The van der Waals surface area contributed by atoms with Crippen molar-refractivity contribution >= 4 is 5.97 Å². The van der Waals surface area contributed by atoms with Crippen molar-refractivity contribution in [2.24, 2.45) is 0 Å². The zero-order valence-electron chi connectivity index (χ0n) is 11.5. The predicted molar refractivity (Wildman–Crippen MR) is 74.4 cm³/mol. The molecule has 0 radical (unpaired) electrons. The largest absolute Gasteiger partial charge is 0.461 e. The minimum absolute atomic E-state index is 0.309. The van der Waals surface area contributed by atoms with Gasteiger partial charge in [0.25, 0.3) is 0 Å². The molecular formula is C15H15N3O2. The van der Waals surface area contributed by atoms with E-state index in [1.165, 1.54) is 6.33 Å². The SMILES string of the molecule is CC#CCCOC(=O)c1ccc(-n2cncn2)c(C)c1. The quantitative estimate of drug-likeness (QED) is 0.485. The summed E-state index contributed by atoms with van der Waals surface area (Å²) in [5, 5.41) is 4.07. The first-order valence-electron chi connectivity index (χ1n) is 6.24. The number of hydrogen-bond acceptors (Lipinski definition) is 4. The molecule has 0 bridgehead atoms. The van der Waals surface area contributed by atoms with Gasteiger partial charge in [-0.2, -0.15) is 5.10 Å². The molecule has 5 heteroatoms. The molecule has 102 valence electrons. The summed E-state index contributed by atoms with van der Waals surface area (Å²) in [6.07, 6.45) is 3.64. The Labute approximate surface area is 117 Å². The highest BCUT2D eigenvalue weighted by molar-refractivity contribution is 5.90. The van der Waals surface area contributed by atoms with Gasteiger partial charge in [0.1, 0.15) is 19.3 Å². The maximum Gasteiger partial charge on any atom is 0.338 e. The highest BCUT2D eigenvalue weighted by atomic mass is 16.5. The Kier molecular flexibility index (Phi) is 4.51. The van der Waals surface area contributed by atoms with Gasteiger partial charge >= 0.3 is 5.97 Å². The number of rotatable bonds is 4. The van der Waals surface area contributed by atoms with E-state index in [4.69, 9.17) is 4.74 Å². The highest BCUT2D eigenvalue weighted by Gasteiger charge is 2.10. The summed E-state index contributed by atoms with van der Waals surface area (Å²) in [5.41, 5.74) is 2.34. The van der Waals surface area contributed by atoms with Gasteiger partial charge in [-0.25, -0.2) is 14.5 Å². The van der Waals surface area contributed by atoms with Crippen LogP contribution in [0.3, 0.4) is 0 Å². The summed E-state index contributed by atoms with van der Waals surface area (Å²) < 4.78 is 6.79. The Morgan fingerprint density at radius 1 is 1.45 bits per heavy atom. The molecule has 1 heterocycles. The molecule has 0 saturated carbocycles. The van der Waals surface area contributed by atoms with Crippen LogP contribution in [0.15, 0.2) is 30.9 Å². The maximum absolute atomic E-state index is 11.9. The van der Waals surface area contributed by atoms with Crippen LogP contribution in [0.25, 0.3) is 5.69 Å². The summed E-state index contributed by atoms with van der Waals surface area (Å²) in [7, 11) is 0. The number of hydrogen-bond donors (Lipinski definition) is 0. The molecule has 0 aliphatic rings. The first-order valence-corrected chi connectivity index (χ1v) is 6.24. The zero-order valence-corrected chi connectivity index (χ0v) is 11.5. The third-order valence-corrected chi connectivity index (χ3v) is 2.74. The molecule has 0 aliphatic heterocycles. The highest BCUT2D eigenvalue weighted by Crippen LogP contribution is 2.15. The summed E-state index contributed by atoms with van der Waals surface area (Å²) in [5.74, 6) is 5.27. The number of esters is 1. The van der Waals surface area contributed by atoms with Crippen LogP contribution in [0.4, 0.5) is 0 Å². The molecule has 1 aromatic carbocycles. The molecule has 0 N–H and O–H groups in total. The number of aryl methyl sites for hydroxylation is 1. The Hall–Kier alpha value is -2.61. The van der Waals surface area contributed by atoms with Crippen LogP contribution in [-0.4, -0.2) is 27.3 Å². The van der Waals surface area contributed by atoms with Gasteiger partial charge in [-0.3, -0.25) is 0 Å². The number of ether oxygens (including phenoxy) is 1. The van der Waals surface area contributed by atoms with Gasteiger partial charge in [0.15, 0.2) is 0 Å². The van der Waals surface area contributed by atoms with Crippen LogP contribution in [-0.2, 0) is 4.74 Å². The molecule has 2 aromatic rings. The lowest BCUT2D eigenvalue weighted by Gasteiger charge is -2.08. The van der Waals surface area contributed by atoms with Gasteiger partial charge in [-0.15, -0.1) is 11.8 Å². The smallest absolute Gasteiger partial charge is 0.338 e. The Morgan fingerprint density at radius 2 is 2.30 bits per heavy atom. The molecule has 2 rings (SSSR count). The second-order valence-corrected chi connectivity index (χ2v) is 4.15. The summed E-state index contributed by atoms with van der Waals surface area (Å²) in [6.45, 7) is 3.98. The van der Waals surface area contributed by atoms with Crippen LogP contribution >= 0.6 is 0 Å². The van der Waals surface area contributed by atoms with Crippen molar-refractivity contribution in [2.45, 2.75) is 20.3 Å². The van der Waals surface area contributed by atoms with Gasteiger partial charge in [-0.05, 0) is 37.6 Å². The number of aromatic nitrogens is 3. The topological polar surface area (TPSA) is 57.0 Å². The molecule has 1 aromatic heterocycles. The van der Waals surface area contributed by atoms with E-state index in [2.05, 4.69) is 21.9 Å². The average Bonchev–Trinajstić information content (AvgIpc) is 2.97. The normalized spacial score (nSPS) is 9.70. The molecule has 0 saturated heterocycles. The van der Waals surface area contributed by atoms with Gasteiger partial charge in [0.2, 0.25) is 0 Å². The molecule has 0 aliphatic carbocycles. The van der Waals surface area contributed by atoms with Crippen LogP contribution in [0.5, 0.6) is 0 Å². The molecule has 0 spiro atoms. The van der Waals surface area contributed by atoms with E-state index in [0.29, 0.717) is 18.6 Å². The molecular weight excluding hydrogens is 254 g/mol. The maximum atomic E-state index is 11.9. The second kappa shape index (κ2) is 6.53. The molecule has 5 nitrogen and oxygen atoms in total. The van der Waals surface area contributed by atoms with E-state index in [0.717, 1.165) is 11.3 Å². The number of carbonyl (C=O) groups excluding carboxylic acids is 1. The van der Waals surface area contributed by atoms with Crippen LogP contribution < -0.4 is 0 Å². The third-order valence-electron chi connectivity index (χ3n) is 2.74. The van der Waals surface area contributed by atoms with Crippen molar-refractivity contribution in [2.75, 3.05) is 6.61 Å². The summed E-state index contributed by atoms with van der Waals surface area (Å²) in [4.78, 5) is 15.8. The van der Waals surface area contributed by atoms with E-state index in [1.807, 2.05) is 13.0 Å². The van der Waals surface area contributed by atoms with Crippen molar-refractivity contribution in [3.8, 4) is 17.5 Å². The average molecular weight is 269 g/mol. The number of carbonyl (C=O) groups is 1. The lowest BCUT2D eigenvalue weighted by molar-refractivity contribution is 0.0513. The fourth-order valence-corrected chi connectivity index (χ4v) is 1.78. The fraction of sp³-hybridized carbons (Fsp3) is 0.267. The minimum atomic E-state index is -0.337. The van der Waals surface area contributed by atoms with Gasteiger partial charge in [0.05, 0.1) is 11.3 Å². The first-order chi connectivity index (χ1) is 9.72. The van der Waals surface area contributed by atoms with Crippen molar-refractivity contribution in [1.82, 2.24) is 14.8 Å². The van der Waals surface area contributed by atoms with E-state index in [9.17, 15) is 4.79 Å². The predicted octanol–water partition coefficient (Wildman–Crippen LogP) is 2.15.